The predicted octanol–water partition coefficient (Wildman–Crippen LogP) is 4.10. The molecule has 0 saturated heterocycles. The van der Waals surface area contributed by atoms with Crippen LogP contribution in [-0.4, -0.2) is 11.7 Å². The van der Waals surface area contributed by atoms with Gasteiger partial charge in [0.15, 0.2) is 0 Å². The number of ether oxygens (including phenoxy) is 1. The van der Waals surface area contributed by atoms with E-state index in [9.17, 15) is 5.11 Å². The lowest BCUT2D eigenvalue weighted by atomic mass is 9.91. The number of hydrogen-bond acceptors (Lipinski definition) is 3. The molecule has 0 fully saturated rings. The van der Waals surface area contributed by atoms with E-state index in [2.05, 4.69) is 6.92 Å². The normalized spacial score (nSPS) is 14.1. The van der Waals surface area contributed by atoms with Gasteiger partial charge in [-0.2, -0.15) is 0 Å². The number of benzene rings is 1. The molecule has 2 rings (SSSR count). The van der Waals surface area contributed by atoms with Crippen molar-refractivity contribution >= 4 is 11.3 Å². The van der Waals surface area contributed by atoms with Crippen LogP contribution in [0.15, 0.2) is 35.7 Å². The molecule has 0 saturated carbocycles. The van der Waals surface area contributed by atoms with Crippen LogP contribution >= 0.6 is 11.3 Å². The van der Waals surface area contributed by atoms with Crippen LogP contribution in [0.25, 0.3) is 0 Å². The third-order valence-corrected chi connectivity index (χ3v) is 4.40. The van der Waals surface area contributed by atoms with Gasteiger partial charge in [0.05, 0.1) is 6.61 Å². The summed E-state index contributed by atoms with van der Waals surface area (Å²) in [5.74, 6) is 0.766. The summed E-state index contributed by atoms with van der Waals surface area (Å²) in [6.07, 6.45) is 0.953. The lowest BCUT2D eigenvalue weighted by Crippen LogP contribution is -2.23. The molecule has 102 valence electrons. The van der Waals surface area contributed by atoms with E-state index in [1.54, 1.807) is 11.3 Å². The third-order valence-electron chi connectivity index (χ3n) is 3.18. The molecule has 0 spiro atoms. The van der Waals surface area contributed by atoms with E-state index < -0.39 is 5.60 Å². The lowest BCUT2D eigenvalue weighted by Gasteiger charge is -2.26. The Morgan fingerprint density at radius 2 is 2.00 bits per heavy atom. The molecule has 3 heteroatoms. The van der Waals surface area contributed by atoms with Gasteiger partial charge in [-0.3, -0.25) is 0 Å². The van der Waals surface area contributed by atoms with Crippen LogP contribution in [0.3, 0.4) is 0 Å². The first kappa shape index (κ1) is 14.1. The standard InChI is InChI=1S/C16H20O2S/c1-4-10-18-14-8-6-5-7-13(14)16(3,17)15-12(2)9-11-19-15/h5-9,11,17H,4,10H2,1-3H3. The summed E-state index contributed by atoms with van der Waals surface area (Å²) in [4.78, 5) is 0.972. The van der Waals surface area contributed by atoms with Crippen molar-refractivity contribution < 1.29 is 9.84 Å². The summed E-state index contributed by atoms with van der Waals surface area (Å²) < 4.78 is 5.76. The molecule has 2 nitrogen and oxygen atoms in total. The molecule has 0 amide bonds. The molecule has 0 aliphatic carbocycles. The topological polar surface area (TPSA) is 29.5 Å². The minimum absolute atomic E-state index is 0.663. The molecular formula is C16H20O2S. The van der Waals surface area contributed by atoms with Crippen molar-refractivity contribution in [2.75, 3.05) is 6.61 Å². The van der Waals surface area contributed by atoms with Gasteiger partial charge >= 0.3 is 0 Å². The lowest BCUT2D eigenvalue weighted by molar-refractivity contribution is 0.101. The fourth-order valence-electron chi connectivity index (χ4n) is 2.20. The Balaban J connectivity index is 2.43. The SMILES string of the molecule is CCCOc1ccccc1C(C)(O)c1sccc1C. The summed E-state index contributed by atoms with van der Waals surface area (Å²) in [7, 11) is 0. The second-order valence-corrected chi connectivity index (χ2v) is 5.77. The van der Waals surface area contributed by atoms with Crippen LogP contribution in [0, 0.1) is 6.92 Å². The Kier molecular flexibility index (Phi) is 4.27. The van der Waals surface area contributed by atoms with Gasteiger partial charge in [0.1, 0.15) is 11.4 Å². The number of aryl methyl sites for hydroxylation is 1. The van der Waals surface area contributed by atoms with Crippen LogP contribution in [0.5, 0.6) is 5.75 Å². The minimum Gasteiger partial charge on any atom is -0.493 e. The zero-order chi connectivity index (χ0) is 13.9. The van der Waals surface area contributed by atoms with Crippen LogP contribution in [0.4, 0.5) is 0 Å². The zero-order valence-corrected chi connectivity index (χ0v) is 12.5. The maximum atomic E-state index is 10.9. The molecule has 0 radical (unpaired) electrons. The summed E-state index contributed by atoms with van der Waals surface area (Å²) in [6, 6.07) is 9.76. The highest BCUT2D eigenvalue weighted by Crippen LogP contribution is 2.39. The predicted molar refractivity (Wildman–Crippen MR) is 80.0 cm³/mol. The summed E-state index contributed by atoms with van der Waals surface area (Å²) in [6.45, 7) is 6.59. The average molecular weight is 276 g/mol. The maximum Gasteiger partial charge on any atom is 0.125 e. The summed E-state index contributed by atoms with van der Waals surface area (Å²) in [5.41, 5.74) is 0.928. The largest absolute Gasteiger partial charge is 0.493 e. The number of para-hydroxylation sites is 1. The summed E-state index contributed by atoms with van der Waals surface area (Å²) >= 11 is 1.58. The molecule has 1 unspecified atom stereocenters. The van der Waals surface area contributed by atoms with E-state index in [-0.39, 0.29) is 0 Å². The van der Waals surface area contributed by atoms with E-state index in [0.717, 1.165) is 28.2 Å². The number of hydrogen-bond donors (Lipinski definition) is 1. The van der Waals surface area contributed by atoms with Crippen molar-refractivity contribution in [1.82, 2.24) is 0 Å². The first-order valence-corrected chi connectivity index (χ1v) is 7.44. The van der Waals surface area contributed by atoms with E-state index >= 15 is 0 Å². The van der Waals surface area contributed by atoms with Crippen LogP contribution in [0.2, 0.25) is 0 Å². The van der Waals surface area contributed by atoms with Gasteiger partial charge in [0.25, 0.3) is 0 Å². The fourth-order valence-corrected chi connectivity index (χ4v) is 3.20. The summed E-state index contributed by atoms with van der Waals surface area (Å²) in [5, 5.41) is 12.9. The zero-order valence-electron chi connectivity index (χ0n) is 11.6. The third kappa shape index (κ3) is 2.82. The highest BCUT2D eigenvalue weighted by atomic mass is 32.1. The molecule has 0 aliphatic rings. The molecule has 0 bridgehead atoms. The van der Waals surface area contributed by atoms with Gasteiger partial charge in [-0.15, -0.1) is 11.3 Å². The van der Waals surface area contributed by atoms with E-state index in [4.69, 9.17) is 4.74 Å². The molecule has 1 aromatic heterocycles. The average Bonchev–Trinajstić information content (AvgIpc) is 2.83. The van der Waals surface area contributed by atoms with E-state index in [0.29, 0.717) is 6.61 Å². The Morgan fingerprint density at radius 1 is 1.26 bits per heavy atom. The number of thiophene rings is 1. The second-order valence-electron chi connectivity index (χ2n) is 4.85. The number of aliphatic hydroxyl groups is 1. The van der Waals surface area contributed by atoms with Crippen molar-refractivity contribution in [3.63, 3.8) is 0 Å². The smallest absolute Gasteiger partial charge is 0.125 e. The van der Waals surface area contributed by atoms with E-state index in [1.165, 1.54) is 0 Å². The van der Waals surface area contributed by atoms with Gasteiger partial charge in [0.2, 0.25) is 0 Å². The van der Waals surface area contributed by atoms with Crippen molar-refractivity contribution in [1.29, 1.82) is 0 Å². The van der Waals surface area contributed by atoms with Gasteiger partial charge in [-0.05, 0) is 43.3 Å². The van der Waals surface area contributed by atoms with Crippen molar-refractivity contribution in [3.8, 4) is 5.75 Å². The quantitative estimate of drug-likeness (QED) is 0.891. The fraction of sp³-hybridized carbons (Fsp3) is 0.375. The van der Waals surface area contributed by atoms with Crippen molar-refractivity contribution in [3.05, 3.63) is 51.7 Å². The monoisotopic (exact) mass is 276 g/mol. The van der Waals surface area contributed by atoms with Gasteiger partial charge < -0.3 is 9.84 Å². The molecule has 1 aromatic carbocycles. The van der Waals surface area contributed by atoms with E-state index in [1.807, 2.05) is 49.6 Å². The first-order chi connectivity index (χ1) is 9.07. The van der Waals surface area contributed by atoms with Crippen molar-refractivity contribution in [2.24, 2.45) is 0 Å². The molecule has 1 heterocycles. The number of rotatable bonds is 5. The molecule has 0 aliphatic heterocycles. The molecule has 1 N–H and O–H groups in total. The first-order valence-electron chi connectivity index (χ1n) is 6.56. The molecule has 1 atom stereocenters. The van der Waals surface area contributed by atoms with Gasteiger partial charge in [0, 0.05) is 10.4 Å². The Labute approximate surface area is 118 Å². The Hall–Kier alpha value is -1.32. The minimum atomic E-state index is -1.01. The maximum absolute atomic E-state index is 10.9. The van der Waals surface area contributed by atoms with Gasteiger partial charge in [-0.25, -0.2) is 0 Å². The second kappa shape index (κ2) is 5.76. The molecule has 19 heavy (non-hydrogen) atoms. The highest BCUT2D eigenvalue weighted by Gasteiger charge is 2.31. The molecular weight excluding hydrogens is 256 g/mol. The Bertz CT molecular complexity index is 543. The van der Waals surface area contributed by atoms with Crippen LogP contribution in [0.1, 0.15) is 36.3 Å². The van der Waals surface area contributed by atoms with Crippen LogP contribution in [-0.2, 0) is 5.60 Å². The molecule has 2 aromatic rings. The van der Waals surface area contributed by atoms with Gasteiger partial charge in [-0.1, -0.05) is 25.1 Å². The highest BCUT2D eigenvalue weighted by molar-refractivity contribution is 7.10. The van der Waals surface area contributed by atoms with Crippen LogP contribution < -0.4 is 4.74 Å². The Morgan fingerprint density at radius 3 is 2.63 bits per heavy atom. The van der Waals surface area contributed by atoms with Crippen molar-refractivity contribution in [2.45, 2.75) is 32.8 Å².